The summed E-state index contributed by atoms with van der Waals surface area (Å²) in [6.45, 7) is 4.77. The first-order valence-electron chi connectivity index (χ1n) is 11.9. The monoisotopic (exact) mass is 493 g/mol. The lowest BCUT2D eigenvalue weighted by molar-refractivity contribution is 0.307. The fourth-order valence-corrected chi connectivity index (χ4v) is 5.10. The van der Waals surface area contributed by atoms with E-state index in [-0.39, 0.29) is 5.56 Å². The van der Waals surface area contributed by atoms with Gasteiger partial charge in [0.05, 0.1) is 26.7 Å². The minimum atomic E-state index is -0.0602. The minimum Gasteiger partial charge on any atom is -0.488 e. The van der Waals surface area contributed by atoms with E-state index in [0.717, 1.165) is 21.0 Å². The summed E-state index contributed by atoms with van der Waals surface area (Å²) in [6, 6.07) is 28.0. The first-order valence-corrected chi connectivity index (χ1v) is 12.8. The highest BCUT2D eigenvalue weighted by Gasteiger charge is 2.20. The van der Waals surface area contributed by atoms with Crippen LogP contribution in [0.3, 0.4) is 0 Å². The third kappa shape index (κ3) is 5.14. The van der Waals surface area contributed by atoms with Gasteiger partial charge in [0.2, 0.25) is 0 Å². The van der Waals surface area contributed by atoms with E-state index in [1.807, 2.05) is 86.6 Å². The van der Waals surface area contributed by atoms with Crippen LogP contribution in [0.4, 0.5) is 0 Å². The van der Waals surface area contributed by atoms with Crippen molar-refractivity contribution < 1.29 is 4.74 Å². The third-order valence-electron chi connectivity index (χ3n) is 6.05. The molecule has 0 atom stereocenters. The number of thiazole rings is 1. The Morgan fingerprint density at radius 3 is 2.22 bits per heavy atom. The van der Waals surface area contributed by atoms with Crippen LogP contribution in [0.25, 0.3) is 21.8 Å². The number of rotatable bonds is 8. The lowest BCUT2D eigenvalue weighted by Crippen LogP contribution is -2.27. The Morgan fingerprint density at radius 1 is 0.861 bits per heavy atom. The lowest BCUT2D eigenvalue weighted by atomic mass is 10.1. The van der Waals surface area contributed by atoms with Crippen LogP contribution < -0.4 is 10.3 Å². The SMILES string of the molecule is Cc1ncc(-c2c(C)nc(-c3ccccc3OCc3ccccc3)n(CCc3ccccc3)c2=O)s1. The number of aromatic nitrogens is 3. The van der Waals surface area contributed by atoms with Crippen molar-refractivity contribution in [1.82, 2.24) is 14.5 Å². The smallest absolute Gasteiger partial charge is 0.262 e. The molecular formula is C30H27N3O2S. The van der Waals surface area contributed by atoms with Gasteiger partial charge in [-0.25, -0.2) is 9.97 Å². The van der Waals surface area contributed by atoms with Gasteiger partial charge in [0, 0.05) is 12.7 Å². The van der Waals surface area contributed by atoms with E-state index in [0.29, 0.717) is 42.4 Å². The van der Waals surface area contributed by atoms with Gasteiger partial charge >= 0.3 is 0 Å². The standard InChI is InChI=1S/C30H27N3O2S/c1-21-28(27-19-31-22(2)36-27)30(34)33(18-17-23-11-5-3-6-12-23)29(32-21)25-15-9-10-16-26(25)35-20-24-13-7-4-8-14-24/h3-16,19H,17-18,20H2,1-2H3. The summed E-state index contributed by atoms with van der Waals surface area (Å²) in [5.41, 5.74) is 4.28. The largest absolute Gasteiger partial charge is 0.488 e. The van der Waals surface area contributed by atoms with Crippen molar-refractivity contribution in [3.8, 4) is 27.6 Å². The van der Waals surface area contributed by atoms with Crippen molar-refractivity contribution in [2.45, 2.75) is 33.4 Å². The Morgan fingerprint density at radius 2 is 1.53 bits per heavy atom. The molecule has 0 aliphatic carbocycles. The second-order valence-corrected chi connectivity index (χ2v) is 9.84. The van der Waals surface area contributed by atoms with Crippen molar-refractivity contribution in [2.24, 2.45) is 0 Å². The zero-order valence-electron chi connectivity index (χ0n) is 20.3. The summed E-state index contributed by atoms with van der Waals surface area (Å²) in [5.74, 6) is 1.31. The van der Waals surface area contributed by atoms with Gasteiger partial charge in [0.15, 0.2) is 0 Å². The molecule has 3 aromatic carbocycles. The lowest BCUT2D eigenvalue weighted by Gasteiger charge is -2.18. The average Bonchev–Trinajstić information content (AvgIpc) is 3.33. The number of benzene rings is 3. The molecule has 0 radical (unpaired) electrons. The molecule has 0 aliphatic rings. The summed E-state index contributed by atoms with van der Waals surface area (Å²) >= 11 is 1.51. The third-order valence-corrected chi connectivity index (χ3v) is 6.98. The number of para-hydroxylation sites is 1. The van der Waals surface area contributed by atoms with Gasteiger partial charge in [-0.3, -0.25) is 9.36 Å². The van der Waals surface area contributed by atoms with Gasteiger partial charge in [-0.1, -0.05) is 72.8 Å². The molecule has 0 saturated carbocycles. The van der Waals surface area contributed by atoms with Gasteiger partial charge in [-0.05, 0) is 43.5 Å². The Balaban J connectivity index is 1.59. The summed E-state index contributed by atoms with van der Waals surface area (Å²) < 4.78 is 8.02. The molecule has 0 unspecified atom stereocenters. The quantitative estimate of drug-likeness (QED) is 0.248. The van der Waals surface area contributed by atoms with Crippen LogP contribution >= 0.6 is 11.3 Å². The molecule has 2 heterocycles. The molecule has 0 aliphatic heterocycles. The van der Waals surface area contributed by atoms with Crippen molar-refractivity contribution in [3.63, 3.8) is 0 Å². The van der Waals surface area contributed by atoms with Crippen LogP contribution in [-0.2, 0) is 19.6 Å². The van der Waals surface area contributed by atoms with Crippen LogP contribution in [0, 0.1) is 13.8 Å². The number of ether oxygens (including phenoxy) is 1. The number of aryl methyl sites for hydroxylation is 3. The second kappa shape index (κ2) is 10.7. The predicted octanol–water partition coefficient (Wildman–Crippen LogP) is 6.47. The Hall–Kier alpha value is -4.03. The summed E-state index contributed by atoms with van der Waals surface area (Å²) in [6.07, 6.45) is 2.48. The van der Waals surface area contributed by atoms with Gasteiger partial charge in [0.25, 0.3) is 5.56 Å². The van der Waals surface area contributed by atoms with E-state index in [2.05, 4.69) is 17.1 Å². The normalized spacial score (nSPS) is 10.9. The van der Waals surface area contributed by atoms with E-state index >= 15 is 0 Å². The fraction of sp³-hybridized carbons (Fsp3) is 0.167. The molecule has 0 spiro atoms. The molecule has 0 bridgehead atoms. The summed E-state index contributed by atoms with van der Waals surface area (Å²) in [5, 5.41) is 0.920. The highest BCUT2D eigenvalue weighted by Crippen LogP contribution is 2.32. The Bertz CT molecular complexity index is 1530. The van der Waals surface area contributed by atoms with Gasteiger partial charge < -0.3 is 4.74 Å². The maximum absolute atomic E-state index is 14.0. The van der Waals surface area contributed by atoms with Gasteiger partial charge in [0.1, 0.15) is 18.2 Å². The fourth-order valence-electron chi connectivity index (χ4n) is 4.23. The maximum atomic E-state index is 14.0. The van der Waals surface area contributed by atoms with Crippen molar-refractivity contribution in [3.05, 3.63) is 123 Å². The zero-order chi connectivity index (χ0) is 24.9. The molecule has 5 aromatic rings. The Kier molecular flexibility index (Phi) is 7.05. The van der Waals surface area contributed by atoms with Gasteiger partial charge in [-0.15, -0.1) is 11.3 Å². The van der Waals surface area contributed by atoms with Crippen LogP contribution in [0.5, 0.6) is 5.75 Å². The van der Waals surface area contributed by atoms with Crippen LogP contribution in [0.15, 0.2) is 95.9 Å². The van der Waals surface area contributed by atoms with Crippen LogP contribution in [0.2, 0.25) is 0 Å². The molecule has 0 fully saturated rings. The molecule has 36 heavy (non-hydrogen) atoms. The summed E-state index contributed by atoms with van der Waals surface area (Å²) in [7, 11) is 0. The van der Waals surface area contributed by atoms with Crippen molar-refractivity contribution >= 4 is 11.3 Å². The topological polar surface area (TPSA) is 57.0 Å². The molecule has 5 rings (SSSR count). The molecular weight excluding hydrogens is 466 g/mol. The zero-order valence-corrected chi connectivity index (χ0v) is 21.2. The molecule has 2 aromatic heterocycles. The molecule has 0 N–H and O–H groups in total. The first-order chi connectivity index (χ1) is 17.6. The summed E-state index contributed by atoms with van der Waals surface area (Å²) in [4.78, 5) is 24.2. The maximum Gasteiger partial charge on any atom is 0.262 e. The van der Waals surface area contributed by atoms with E-state index in [1.165, 1.54) is 16.9 Å². The minimum absolute atomic E-state index is 0.0602. The second-order valence-electron chi connectivity index (χ2n) is 8.60. The van der Waals surface area contributed by atoms with E-state index in [1.54, 1.807) is 10.8 Å². The van der Waals surface area contributed by atoms with Crippen LogP contribution in [-0.4, -0.2) is 14.5 Å². The predicted molar refractivity (Wildman–Crippen MR) is 145 cm³/mol. The molecule has 180 valence electrons. The van der Waals surface area contributed by atoms with E-state index < -0.39 is 0 Å². The average molecular weight is 494 g/mol. The van der Waals surface area contributed by atoms with E-state index in [9.17, 15) is 4.79 Å². The molecule has 6 heteroatoms. The Labute approximate surface area is 214 Å². The van der Waals surface area contributed by atoms with Crippen LogP contribution in [0.1, 0.15) is 21.8 Å². The highest BCUT2D eigenvalue weighted by molar-refractivity contribution is 7.15. The number of nitrogens with zero attached hydrogens (tertiary/aromatic N) is 3. The molecule has 5 nitrogen and oxygen atoms in total. The number of hydrogen-bond donors (Lipinski definition) is 0. The van der Waals surface area contributed by atoms with Crippen molar-refractivity contribution in [2.75, 3.05) is 0 Å². The van der Waals surface area contributed by atoms with Gasteiger partial charge in [-0.2, -0.15) is 0 Å². The van der Waals surface area contributed by atoms with E-state index in [4.69, 9.17) is 9.72 Å². The highest BCUT2D eigenvalue weighted by atomic mass is 32.1. The first kappa shape index (κ1) is 23.7. The molecule has 0 saturated heterocycles. The molecule has 0 amide bonds. The number of hydrogen-bond acceptors (Lipinski definition) is 5. The van der Waals surface area contributed by atoms with Crippen molar-refractivity contribution in [1.29, 1.82) is 0 Å².